The molecule has 0 aliphatic rings. The van der Waals surface area contributed by atoms with Crippen LogP contribution in [0.15, 0.2) is 45.2 Å². The van der Waals surface area contributed by atoms with Crippen LogP contribution in [-0.4, -0.2) is 47.4 Å². The van der Waals surface area contributed by atoms with Crippen molar-refractivity contribution in [1.82, 2.24) is 14.3 Å². The number of nitrogens with one attached hydrogen (secondary N) is 2. The quantitative estimate of drug-likeness (QED) is 0.435. The zero-order chi connectivity index (χ0) is 21.4. The number of rotatable bonds is 10. The summed E-state index contributed by atoms with van der Waals surface area (Å²) >= 11 is 1.12. The molecule has 1 heterocycles. The number of amides is 1. The molecule has 158 valence electrons. The van der Waals surface area contributed by atoms with E-state index in [1.54, 1.807) is 26.0 Å². The van der Waals surface area contributed by atoms with Gasteiger partial charge in [-0.2, -0.15) is 4.31 Å². The Balaban J connectivity index is 2.06. The van der Waals surface area contributed by atoms with Crippen molar-refractivity contribution in [2.45, 2.75) is 43.7 Å². The van der Waals surface area contributed by atoms with Crippen LogP contribution < -0.4 is 10.9 Å². The number of carbonyl (C=O) groups is 1. The lowest BCUT2D eigenvalue weighted by Crippen LogP contribution is -2.30. The molecule has 0 spiro atoms. The van der Waals surface area contributed by atoms with Gasteiger partial charge < -0.3 is 10.3 Å². The summed E-state index contributed by atoms with van der Waals surface area (Å²) in [6.45, 7) is 6.29. The third-order valence-electron chi connectivity index (χ3n) is 4.08. The second-order valence-corrected chi connectivity index (χ2v) is 9.15. The number of thioether (sulfide) groups is 1. The van der Waals surface area contributed by atoms with Crippen molar-refractivity contribution in [2.75, 3.05) is 24.2 Å². The molecule has 0 unspecified atom stereocenters. The van der Waals surface area contributed by atoms with Crippen molar-refractivity contribution in [3.05, 3.63) is 46.4 Å². The Morgan fingerprint density at radius 1 is 1.21 bits per heavy atom. The van der Waals surface area contributed by atoms with Crippen LogP contribution in [0.5, 0.6) is 0 Å². The van der Waals surface area contributed by atoms with Crippen LogP contribution in [0.1, 0.15) is 32.9 Å². The predicted octanol–water partition coefficient (Wildman–Crippen LogP) is 2.48. The minimum absolute atomic E-state index is 0.0333. The summed E-state index contributed by atoms with van der Waals surface area (Å²) in [5.41, 5.74) is 0.833. The number of sulfonamides is 1. The first-order chi connectivity index (χ1) is 13.8. The molecule has 2 N–H and O–H groups in total. The highest BCUT2D eigenvalue weighted by Crippen LogP contribution is 2.20. The Labute approximate surface area is 175 Å². The molecular formula is C19H26N4O4S2. The van der Waals surface area contributed by atoms with Crippen molar-refractivity contribution < 1.29 is 13.2 Å². The number of aromatic nitrogens is 2. The fourth-order valence-corrected chi connectivity index (χ4v) is 4.91. The number of H-pyrrole nitrogens is 1. The number of hydrogen-bond donors (Lipinski definition) is 2. The average Bonchev–Trinajstić information content (AvgIpc) is 2.67. The number of carbonyl (C=O) groups excluding carboxylic acids is 1. The van der Waals surface area contributed by atoms with E-state index in [1.165, 1.54) is 22.5 Å². The first-order valence-corrected chi connectivity index (χ1v) is 11.9. The van der Waals surface area contributed by atoms with E-state index in [0.29, 0.717) is 36.0 Å². The van der Waals surface area contributed by atoms with Crippen molar-refractivity contribution >= 4 is 33.4 Å². The van der Waals surface area contributed by atoms with Gasteiger partial charge in [-0.25, -0.2) is 13.4 Å². The lowest BCUT2D eigenvalue weighted by atomic mass is 10.2. The second kappa shape index (κ2) is 10.6. The van der Waals surface area contributed by atoms with Crippen LogP contribution in [0.3, 0.4) is 0 Å². The number of aryl methyl sites for hydroxylation is 1. The maximum Gasteiger partial charge on any atom is 0.251 e. The van der Waals surface area contributed by atoms with Crippen LogP contribution >= 0.6 is 11.8 Å². The standard InChI is InChI=1S/C19H26N4O4S2/c1-4-8-14-12-17(24)22-19(21-14)28-13-18(25)20-15-9-7-10-16(11-15)29(26,27)23(5-2)6-3/h7,9-12H,4-6,8,13H2,1-3H3,(H,20,25)(H,21,22,24). The monoisotopic (exact) mass is 438 g/mol. The summed E-state index contributed by atoms with van der Waals surface area (Å²) in [5.74, 6) is -0.290. The Morgan fingerprint density at radius 3 is 2.59 bits per heavy atom. The van der Waals surface area contributed by atoms with Gasteiger partial charge in [0.1, 0.15) is 0 Å². The van der Waals surface area contributed by atoms with Gasteiger partial charge in [0.05, 0.1) is 10.6 Å². The Hall–Kier alpha value is -2.17. The lowest BCUT2D eigenvalue weighted by molar-refractivity contribution is -0.113. The smallest absolute Gasteiger partial charge is 0.251 e. The van der Waals surface area contributed by atoms with E-state index in [9.17, 15) is 18.0 Å². The number of hydrogen-bond acceptors (Lipinski definition) is 6. The molecule has 0 fully saturated rings. The molecule has 0 atom stereocenters. The molecule has 8 nitrogen and oxygen atoms in total. The summed E-state index contributed by atoms with van der Waals surface area (Å²) in [6.07, 6.45) is 1.56. The average molecular weight is 439 g/mol. The van der Waals surface area contributed by atoms with Crippen molar-refractivity contribution in [3.8, 4) is 0 Å². The Bertz CT molecular complexity index is 1000. The molecule has 1 aromatic heterocycles. The molecule has 2 rings (SSSR count). The van der Waals surface area contributed by atoms with Crippen LogP contribution in [0.2, 0.25) is 0 Å². The molecule has 0 radical (unpaired) electrons. The third kappa shape index (κ3) is 6.41. The zero-order valence-corrected chi connectivity index (χ0v) is 18.4. The van der Waals surface area contributed by atoms with Gasteiger partial charge in [0.25, 0.3) is 5.56 Å². The van der Waals surface area contributed by atoms with Gasteiger partial charge in [-0.3, -0.25) is 9.59 Å². The minimum Gasteiger partial charge on any atom is -0.325 e. The Kier molecular flexibility index (Phi) is 8.42. The molecule has 0 bridgehead atoms. The van der Waals surface area contributed by atoms with Gasteiger partial charge in [-0.1, -0.05) is 45.0 Å². The van der Waals surface area contributed by atoms with Crippen LogP contribution in [0.4, 0.5) is 5.69 Å². The van der Waals surface area contributed by atoms with E-state index in [1.807, 2.05) is 6.92 Å². The highest BCUT2D eigenvalue weighted by atomic mass is 32.2. The van der Waals surface area contributed by atoms with Crippen LogP contribution in [-0.2, 0) is 21.2 Å². The molecule has 1 amide bonds. The Morgan fingerprint density at radius 2 is 1.93 bits per heavy atom. The van der Waals surface area contributed by atoms with E-state index < -0.39 is 10.0 Å². The van der Waals surface area contributed by atoms with E-state index in [2.05, 4.69) is 15.3 Å². The van der Waals surface area contributed by atoms with Crippen LogP contribution in [0.25, 0.3) is 0 Å². The minimum atomic E-state index is -3.60. The zero-order valence-electron chi connectivity index (χ0n) is 16.8. The molecule has 0 aliphatic carbocycles. The second-order valence-electron chi connectivity index (χ2n) is 6.25. The largest absolute Gasteiger partial charge is 0.325 e. The molecule has 1 aromatic carbocycles. The van der Waals surface area contributed by atoms with Crippen LogP contribution in [0, 0.1) is 0 Å². The highest BCUT2D eigenvalue weighted by Gasteiger charge is 2.21. The third-order valence-corrected chi connectivity index (χ3v) is 7.00. The van der Waals surface area contributed by atoms with E-state index >= 15 is 0 Å². The lowest BCUT2D eigenvalue weighted by Gasteiger charge is -2.18. The molecule has 0 saturated heterocycles. The van der Waals surface area contributed by atoms with Gasteiger partial charge in [-0.05, 0) is 24.6 Å². The first-order valence-electron chi connectivity index (χ1n) is 9.43. The number of nitrogens with zero attached hydrogens (tertiary/aromatic N) is 2. The van der Waals surface area contributed by atoms with Gasteiger partial charge in [0, 0.05) is 30.5 Å². The number of benzene rings is 1. The maximum atomic E-state index is 12.6. The number of aromatic amines is 1. The molecule has 2 aromatic rings. The van der Waals surface area contributed by atoms with Crippen molar-refractivity contribution in [1.29, 1.82) is 0 Å². The molecular weight excluding hydrogens is 412 g/mol. The summed E-state index contributed by atoms with van der Waals surface area (Å²) in [5, 5.41) is 3.07. The summed E-state index contributed by atoms with van der Waals surface area (Å²) < 4.78 is 26.6. The molecule has 0 saturated carbocycles. The predicted molar refractivity (Wildman–Crippen MR) is 115 cm³/mol. The van der Waals surface area contributed by atoms with Gasteiger partial charge >= 0.3 is 0 Å². The maximum absolute atomic E-state index is 12.6. The van der Waals surface area contributed by atoms with Crippen molar-refractivity contribution in [3.63, 3.8) is 0 Å². The normalized spacial score (nSPS) is 11.6. The molecule has 0 aliphatic heterocycles. The molecule has 10 heteroatoms. The van der Waals surface area contributed by atoms with Gasteiger partial charge in [0.2, 0.25) is 15.9 Å². The summed E-state index contributed by atoms with van der Waals surface area (Å²) in [4.78, 5) is 31.0. The SMILES string of the molecule is CCCc1cc(=O)[nH]c(SCC(=O)Nc2cccc(S(=O)(=O)N(CC)CC)c2)n1. The topological polar surface area (TPSA) is 112 Å². The van der Waals surface area contributed by atoms with Gasteiger partial charge in [-0.15, -0.1) is 0 Å². The number of anilines is 1. The van der Waals surface area contributed by atoms with E-state index in [-0.39, 0.29) is 22.1 Å². The van der Waals surface area contributed by atoms with E-state index in [0.717, 1.165) is 18.2 Å². The first kappa shape index (κ1) is 23.1. The highest BCUT2D eigenvalue weighted by molar-refractivity contribution is 7.99. The molecule has 29 heavy (non-hydrogen) atoms. The van der Waals surface area contributed by atoms with E-state index in [4.69, 9.17) is 0 Å². The van der Waals surface area contributed by atoms with Gasteiger partial charge in [0.15, 0.2) is 5.16 Å². The summed E-state index contributed by atoms with van der Waals surface area (Å²) in [6, 6.07) is 7.62. The van der Waals surface area contributed by atoms with Crippen molar-refractivity contribution in [2.24, 2.45) is 0 Å². The summed E-state index contributed by atoms with van der Waals surface area (Å²) in [7, 11) is -3.60. The fraction of sp³-hybridized carbons (Fsp3) is 0.421. The fourth-order valence-electron chi connectivity index (χ4n) is 2.71.